The van der Waals surface area contributed by atoms with Gasteiger partial charge in [-0.3, -0.25) is 9.79 Å². The summed E-state index contributed by atoms with van der Waals surface area (Å²) in [6, 6.07) is 0. The predicted octanol–water partition coefficient (Wildman–Crippen LogP) is 2.57. The minimum atomic E-state index is -0.346. The average molecular weight is 223 g/mol. The molecule has 1 aliphatic rings. The fourth-order valence-corrected chi connectivity index (χ4v) is 1.30. The molecule has 0 bridgehead atoms. The summed E-state index contributed by atoms with van der Waals surface area (Å²) in [7, 11) is 0. The van der Waals surface area contributed by atoms with E-state index in [4.69, 9.17) is 9.47 Å². The van der Waals surface area contributed by atoms with E-state index in [2.05, 4.69) is 11.9 Å². The van der Waals surface area contributed by atoms with Crippen molar-refractivity contribution in [2.75, 3.05) is 6.79 Å². The van der Waals surface area contributed by atoms with Gasteiger partial charge in [0.2, 0.25) is 6.79 Å². The maximum absolute atomic E-state index is 10.6. The quantitative estimate of drug-likeness (QED) is 0.543. The lowest BCUT2D eigenvalue weighted by Crippen LogP contribution is -2.05. The van der Waals surface area contributed by atoms with Crippen LogP contribution in [0.3, 0.4) is 0 Å². The van der Waals surface area contributed by atoms with Gasteiger partial charge in [-0.1, -0.05) is 12.5 Å². The predicted molar refractivity (Wildman–Crippen MR) is 61.9 cm³/mol. The van der Waals surface area contributed by atoms with E-state index in [1.165, 1.54) is 12.5 Å². The summed E-state index contributed by atoms with van der Waals surface area (Å²) in [5.41, 5.74) is 2.07. The average Bonchev–Trinajstić information content (AvgIpc) is 2.41. The van der Waals surface area contributed by atoms with E-state index < -0.39 is 0 Å². The summed E-state index contributed by atoms with van der Waals surface area (Å²) in [6.07, 6.45) is 5.45. The third-order valence-corrected chi connectivity index (χ3v) is 2.32. The van der Waals surface area contributed by atoms with Gasteiger partial charge in [-0.2, -0.15) is 0 Å². The van der Waals surface area contributed by atoms with Crippen molar-refractivity contribution >= 4 is 12.2 Å². The number of esters is 1. The highest BCUT2D eigenvalue weighted by atomic mass is 16.7. The molecule has 1 aliphatic heterocycles. The van der Waals surface area contributed by atoms with Gasteiger partial charge in [-0.15, -0.1) is 0 Å². The molecule has 4 heteroatoms. The summed E-state index contributed by atoms with van der Waals surface area (Å²) >= 11 is 0. The zero-order chi connectivity index (χ0) is 12.0. The molecule has 0 radical (unpaired) electrons. The lowest BCUT2D eigenvalue weighted by atomic mass is 10.1. The van der Waals surface area contributed by atoms with Gasteiger partial charge in [0.15, 0.2) is 0 Å². The van der Waals surface area contributed by atoms with Crippen molar-refractivity contribution in [3.8, 4) is 0 Å². The zero-order valence-electron chi connectivity index (χ0n) is 9.95. The van der Waals surface area contributed by atoms with Crippen molar-refractivity contribution in [1.29, 1.82) is 0 Å². The Morgan fingerprint density at radius 2 is 2.31 bits per heavy atom. The lowest BCUT2D eigenvalue weighted by Gasteiger charge is -2.11. The van der Waals surface area contributed by atoms with Crippen LogP contribution in [-0.4, -0.2) is 19.0 Å². The fourth-order valence-electron chi connectivity index (χ4n) is 1.30. The second-order valence-corrected chi connectivity index (χ2v) is 3.54. The minimum absolute atomic E-state index is 0.0471. The number of rotatable bonds is 4. The van der Waals surface area contributed by atoms with Crippen LogP contribution in [0.1, 0.15) is 33.6 Å². The molecule has 0 saturated carbocycles. The molecule has 0 unspecified atom stereocenters. The minimum Gasteiger partial charge on any atom is -0.459 e. The maximum Gasteiger partial charge on any atom is 0.305 e. The second kappa shape index (κ2) is 6.10. The molecule has 88 valence electrons. The van der Waals surface area contributed by atoms with E-state index in [9.17, 15) is 4.79 Å². The number of ether oxygens (including phenoxy) is 2. The van der Waals surface area contributed by atoms with Crippen LogP contribution in [0.2, 0.25) is 0 Å². The highest BCUT2D eigenvalue weighted by Gasteiger charge is 2.09. The standard InChI is InChI=1S/C12H17NO3/c1-4-11-5-6-13-9(2)12(7-11)16-8-15-10(3)14/h5-6H,4,7-8H2,1-3H3. The van der Waals surface area contributed by atoms with Gasteiger partial charge in [0, 0.05) is 19.6 Å². The summed E-state index contributed by atoms with van der Waals surface area (Å²) in [5.74, 6) is 0.421. The Labute approximate surface area is 95.7 Å². The van der Waals surface area contributed by atoms with Gasteiger partial charge in [-0.05, 0) is 19.4 Å². The molecule has 0 aliphatic carbocycles. The summed E-state index contributed by atoms with van der Waals surface area (Å²) in [5, 5.41) is 0. The SMILES string of the molecule is CCC1=CC=NC(C)=C(OCOC(C)=O)C1. The van der Waals surface area contributed by atoms with E-state index in [1.807, 2.05) is 13.0 Å². The van der Waals surface area contributed by atoms with E-state index in [-0.39, 0.29) is 12.8 Å². The van der Waals surface area contributed by atoms with Crippen molar-refractivity contribution in [3.63, 3.8) is 0 Å². The molecular formula is C12H17NO3. The van der Waals surface area contributed by atoms with Crippen molar-refractivity contribution in [1.82, 2.24) is 0 Å². The zero-order valence-corrected chi connectivity index (χ0v) is 9.95. The molecule has 1 heterocycles. The van der Waals surface area contributed by atoms with E-state index in [0.29, 0.717) is 0 Å². The van der Waals surface area contributed by atoms with Crippen LogP contribution in [-0.2, 0) is 14.3 Å². The molecule has 0 amide bonds. The van der Waals surface area contributed by atoms with Crippen molar-refractivity contribution < 1.29 is 14.3 Å². The number of hydrogen-bond donors (Lipinski definition) is 0. The molecule has 0 fully saturated rings. The number of allylic oxidation sites excluding steroid dienone is 3. The Morgan fingerprint density at radius 1 is 1.56 bits per heavy atom. The van der Waals surface area contributed by atoms with Crippen LogP contribution < -0.4 is 0 Å². The van der Waals surface area contributed by atoms with Gasteiger partial charge >= 0.3 is 5.97 Å². The number of hydrogen-bond acceptors (Lipinski definition) is 4. The van der Waals surface area contributed by atoms with Gasteiger partial charge < -0.3 is 9.47 Å². The maximum atomic E-state index is 10.6. The molecule has 0 N–H and O–H groups in total. The molecule has 0 atom stereocenters. The Kier molecular flexibility index (Phi) is 4.76. The molecule has 1 rings (SSSR count). The fraction of sp³-hybridized carbons (Fsp3) is 0.500. The van der Waals surface area contributed by atoms with E-state index >= 15 is 0 Å². The first-order valence-electron chi connectivity index (χ1n) is 5.31. The third-order valence-electron chi connectivity index (χ3n) is 2.32. The van der Waals surface area contributed by atoms with Crippen LogP contribution in [0.4, 0.5) is 0 Å². The van der Waals surface area contributed by atoms with Gasteiger partial charge in [0.05, 0.1) is 5.70 Å². The largest absolute Gasteiger partial charge is 0.459 e. The molecule has 0 aromatic heterocycles. The first kappa shape index (κ1) is 12.5. The first-order chi connectivity index (χ1) is 7.63. The number of carbonyl (C=O) groups excluding carboxylic acids is 1. The Morgan fingerprint density at radius 3 is 2.94 bits per heavy atom. The third kappa shape index (κ3) is 3.88. The normalized spacial score (nSPS) is 15.6. The first-order valence-corrected chi connectivity index (χ1v) is 5.31. The molecule has 0 saturated heterocycles. The number of carbonyl (C=O) groups is 1. The molecule has 4 nitrogen and oxygen atoms in total. The van der Waals surface area contributed by atoms with Crippen molar-refractivity contribution in [2.24, 2.45) is 4.99 Å². The monoisotopic (exact) mass is 223 g/mol. The molecule has 0 spiro atoms. The van der Waals surface area contributed by atoms with Gasteiger partial charge in [0.25, 0.3) is 0 Å². The summed E-state index contributed by atoms with van der Waals surface area (Å²) < 4.78 is 10.1. The van der Waals surface area contributed by atoms with Crippen LogP contribution in [0.25, 0.3) is 0 Å². The Bertz CT molecular complexity index is 353. The van der Waals surface area contributed by atoms with Gasteiger partial charge in [-0.25, -0.2) is 0 Å². The molecular weight excluding hydrogens is 206 g/mol. The van der Waals surface area contributed by atoms with E-state index in [1.54, 1.807) is 6.21 Å². The van der Waals surface area contributed by atoms with Crippen LogP contribution in [0, 0.1) is 0 Å². The highest BCUT2D eigenvalue weighted by molar-refractivity contribution is 5.74. The molecule has 0 aromatic carbocycles. The van der Waals surface area contributed by atoms with Crippen molar-refractivity contribution in [3.05, 3.63) is 23.1 Å². The summed E-state index contributed by atoms with van der Waals surface area (Å²) in [6.45, 7) is 5.28. The summed E-state index contributed by atoms with van der Waals surface area (Å²) in [4.78, 5) is 14.8. The molecule has 0 aromatic rings. The Balaban J connectivity index is 2.59. The second-order valence-electron chi connectivity index (χ2n) is 3.54. The van der Waals surface area contributed by atoms with Gasteiger partial charge in [0.1, 0.15) is 5.76 Å². The van der Waals surface area contributed by atoms with Crippen LogP contribution in [0.15, 0.2) is 28.1 Å². The highest BCUT2D eigenvalue weighted by Crippen LogP contribution is 2.21. The van der Waals surface area contributed by atoms with Crippen LogP contribution >= 0.6 is 0 Å². The number of nitrogens with zero attached hydrogens (tertiary/aromatic N) is 1. The molecule has 16 heavy (non-hydrogen) atoms. The van der Waals surface area contributed by atoms with Crippen LogP contribution in [0.5, 0.6) is 0 Å². The lowest BCUT2D eigenvalue weighted by molar-refractivity contribution is -0.150. The smallest absolute Gasteiger partial charge is 0.305 e. The number of aliphatic imine (C=N–C) groups is 1. The topological polar surface area (TPSA) is 47.9 Å². The van der Waals surface area contributed by atoms with E-state index in [0.717, 1.165) is 24.3 Å². The van der Waals surface area contributed by atoms with Crippen molar-refractivity contribution in [2.45, 2.75) is 33.6 Å². The Hall–Kier alpha value is -1.58.